The van der Waals surface area contributed by atoms with Gasteiger partial charge in [-0.25, -0.2) is 9.78 Å². The fourth-order valence-corrected chi connectivity index (χ4v) is 3.06. The molecule has 7 heteroatoms. The summed E-state index contributed by atoms with van der Waals surface area (Å²) in [7, 11) is 3.97. The van der Waals surface area contributed by atoms with Crippen molar-refractivity contribution >= 4 is 28.2 Å². The van der Waals surface area contributed by atoms with Crippen LogP contribution < -0.4 is 5.32 Å². The van der Waals surface area contributed by atoms with Crippen molar-refractivity contribution in [2.45, 2.75) is 33.2 Å². The van der Waals surface area contributed by atoms with E-state index in [-0.39, 0.29) is 22.4 Å². The monoisotopic (exact) mass is 313 g/mol. The molecule has 118 valence electrons. The van der Waals surface area contributed by atoms with E-state index in [4.69, 9.17) is 5.11 Å². The van der Waals surface area contributed by atoms with Gasteiger partial charge in [-0.05, 0) is 26.4 Å². The minimum absolute atomic E-state index is 0.160. The van der Waals surface area contributed by atoms with Crippen LogP contribution in [-0.4, -0.2) is 53.4 Å². The lowest BCUT2D eigenvalue weighted by Gasteiger charge is -2.23. The first-order chi connectivity index (χ1) is 9.70. The number of carbonyl (C=O) groups is 2. The number of nitrogens with zero attached hydrogens (tertiary/aromatic N) is 2. The molecule has 0 aliphatic heterocycles. The van der Waals surface area contributed by atoms with E-state index in [0.29, 0.717) is 11.0 Å². The Kier molecular flexibility index (Phi) is 6.29. The van der Waals surface area contributed by atoms with Gasteiger partial charge < -0.3 is 15.3 Å². The number of ketones is 1. The summed E-state index contributed by atoms with van der Waals surface area (Å²) in [5, 5.41) is 12.9. The summed E-state index contributed by atoms with van der Waals surface area (Å²) in [4.78, 5) is 28.9. The van der Waals surface area contributed by atoms with Gasteiger partial charge in [-0.3, -0.25) is 4.79 Å². The molecule has 1 atom stereocenters. The zero-order valence-corrected chi connectivity index (χ0v) is 14.0. The van der Waals surface area contributed by atoms with Crippen LogP contribution in [0.3, 0.4) is 0 Å². The van der Waals surface area contributed by atoms with Gasteiger partial charge in [0.15, 0.2) is 16.6 Å². The first-order valence-corrected chi connectivity index (χ1v) is 7.68. The van der Waals surface area contributed by atoms with Gasteiger partial charge >= 0.3 is 5.97 Å². The minimum atomic E-state index is -1.17. The van der Waals surface area contributed by atoms with Crippen molar-refractivity contribution in [3.8, 4) is 0 Å². The number of carbonyl (C=O) groups excluding carboxylic acids is 1. The highest BCUT2D eigenvalue weighted by atomic mass is 32.1. The lowest BCUT2D eigenvalue weighted by atomic mass is 10.0. The van der Waals surface area contributed by atoms with Gasteiger partial charge in [-0.1, -0.05) is 25.2 Å². The molecule has 1 rings (SSSR count). The number of rotatable bonds is 8. The number of hydrogen-bond donors (Lipinski definition) is 2. The zero-order chi connectivity index (χ0) is 16.2. The molecule has 0 bridgehead atoms. The Morgan fingerprint density at radius 2 is 2.00 bits per heavy atom. The van der Waals surface area contributed by atoms with Gasteiger partial charge in [0.1, 0.15) is 4.88 Å². The van der Waals surface area contributed by atoms with Gasteiger partial charge in [-0.15, -0.1) is 0 Å². The Morgan fingerprint density at radius 1 is 1.38 bits per heavy atom. The number of carboxylic acid groups (broad SMARTS) is 1. The third-order valence-electron chi connectivity index (χ3n) is 2.82. The van der Waals surface area contributed by atoms with Crippen LogP contribution in [0.4, 0.5) is 5.13 Å². The maximum absolute atomic E-state index is 11.5. The molecular weight excluding hydrogens is 290 g/mol. The molecule has 6 nitrogen and oxygen atoms in total. The Balaban J connectivity index is 2.95. The van der Waals surface area contributed by atoms with Crippen LogP contribution in [0.15, 0.2) is 0 Å². The number of hydrogen-bond acceptors (Lipinski definition) is 6. The Bertz CT molecular complexity index is 470. The molecule has 0 saturated carbocycles. The van der Waals surface area contributed by atoms with Crippen LogP contribution in [-0.2, 0) is 0 Å². The molecule has 0 aliphatic carbocycles. The lowest BCUT2D eigenvalue weighted by Crippen LogP contribution is -2.33. The first kappa shape index (κ1) is 17.6. The lowest BCUT2D eigenvalue weighted by molar-refractivity contribution is 0.0687. The number of likely N-dealkylation sites (N-methyl/N-ethyl adjacent to an activating group) is 1. The van der Waals surface area contributed by atoms with Crippen LogP contribution in [0.5, 0.6) is 0 Å². The second-order valence-electron chi connectivity index (χ2n) is 5.79. The van der Waals surface area contributed by atoms with E-state index in [9.17, 15) is 9.59 Å². The number of nitrogens with one attached hydrogen (secondary N) is 1. The average molecular weight is 313 g/mol. The molecule has 0 aliphatic rings. The van der Waals surface area contributed by atoms with Crippen LogP contribution >= 0.6 is 11.3 Å². The SMILES string of the molecule is CC(=O)c1sc(NC(CC(C)C)CN(C)C)nc1C(=O)O. The van der Waals surface area contributed by atoms with Crippen molar-refractivity contribution in [3.05, 3.63) is 10.6 Å². The Labute approximate surface area is 129 Å². The number of thiazole rings is 1. The van der Waals surface area contributed by atoms with Gasteiger partial charge in [0.25, 0.3) is 0 Å². The van der Waals surface area contributed by atoms with Crippen LogP contribution in [0, 0.1) is 5.92 Å². The molecule has 0 fully saturated rings. The molecule has 0 aromatic carbocycles. The second kappa shape index (κ2) is 7.51. The summed E-state index contributed by atoms with van der Waals surface area (Å²) in [6, 6.07) is 0.160. The molecular formula is C14H23N3O3S. The summed E-state index contributed by atoms with van der Waals surface area (Å²) in [6.45, 7) is 6.44. The fourth-order valence-electron chi connectivity index (χ4n) is 2.13. The van der Waals surface area contributed by atoms with Gasteiger partial charge in [0.05, 0.1) is 0 Å². The van der Waals surface area contributed by atoms with E-state index in [1.54, 1.807) is 0 Å². The maximum atomic E-state index is 11.5. The quantitative estimate of drug-likeness (QED) is 0.717. The fraction of sp³-hybridized carbons (Fsp3) is 0.643. The van der Waals surface area contributed by atoms with Crippen molar-refractivity contribution in [2.24, 2.45) is 5.92 Å². The van der Waals surface area contributed by atoms with E-state index in [0.717, 1.165) is 24.3 Å². The topological polar surface area (TPSA) is 82.5 Å². The van der Waals surface area contributed by atoms with Crippen molar-refractivity contribution in [3.63, 3.8) is 0 Å². The van der Waals surface area contributed by atoms with Crippen molar-refractivity contribution in [1.29, 1.82) is 0 Å². The van der Waals surface area contributed by atoms with Gasteiger partial charge in [0, 0.05) is 19.5 Å². The second-order valence-corrected chi connectivity index (χ2v) is 6.79. The highest BCUT2D eigenvalue weighted by molar-refractivity contribution is 7.17. The van der Waals surface area contributed by atoms with E-state index in [2.05, 4.69) is 29.0 Å². The molecule has 0 saturated heterocycles. The molecule has 1 aromatic rings. The van der Waals surface area contributed by atoms with E-state index < -0.39 is 5.97 Å². The average Bonchev–Trinajstić information content (AvgIpc) is 2.71. The molecule has 1 aromatic heterocycles. The molecule has 1 heterocycles. The van der Waals surface area contributed by atoms with E-state index in [1.165, 1.54) is 6.92 Å². The summed E-state index contributed by atoms with van der Waals surface area (Å²) in [5.41, 5.74) is -0.164. The minimum Gasteiger partial charge on any atom is -0.476 e. The van der Waals surface area contributed by atoms with Crippen molar-refractivity contribution in [1.82, 2.24) is 9.88 Å². The maximum Gasteiger partial charge on any atom is 0.356 e. The zero-order valence-electron chi connectivity index (χ0n) is 13.1. The predicted molar refractivity (Wildman–Crippen MR) is 84.5 cm³/mol. The predicted octanol–water partition coefficient (Wildman–Crippen LogP) is 2.43. The standard InChI is InChI=1S/C14H23N3O3S/c1-8(2)6-10(7-17(4)5)15-14-16-11(13(19)20)12(21-14)9(3)18/h8,10H,6-7H2,1-5H3,(H,15,16)(H,19,20). The number of Topliss-reactive ketones (excluding diaryl/α,β-unsaturated/α-hetero) is 1. The van der Waals surface area contributed by atoms with Crippen LogP contribution in [0.1, 0.15) is 47.4 Å². The summed E-state index contributed by atoms with van der Waals surface area (Å²) >= 11 is 1.11. The smallest absolute Gasteiger partial charge is 0.356 e. The van der Waals surface area contributed by atoms with Crippen LogP contribution in [0.25, 0.3) is 0 Å². The van der Waals surface area contributed by atoms with Crippen LogP contribution in [0.2, 0.25) is 0 Å². The van der Waals surface area contributed by atoms with E-state index >= 15 is 0 Å². The molecule has 21 heavy (non-hydrogen) atoms. The third-order valence-corrected chi connectivity index (χ3v) is 3.91. The van der Waals surface area contributed by atoms with Gasteiger partial charge in [0.2, 0.25) is 0 Å². The molecule has 2 N–H and O–H groups in total. The van der Waals surface area contributed by atoms with Crippen molar-refractivity contribution in [2.75, 3.05) is 26.0 Å². The number of aromatic carboxylic acids is 1. The number of anilines is 1. The molecule has 1 unspecified atom stereocenters. The first-order valence-electron chi connectivity index (χ1n) is 6.87. The van der Waals surface area contributed by atoms with Crippen molar-refractivity contribution < 1.29 is 14.7 Å². The normalized spacial score (nSPS) is 12.7. The number of carboxylic acids is 1. The summed E-state index contributed by atoms with van der Waals surface area (Å²) < 4.78 is 0. The molecule has 0 radical (unpaired) electrons. The highest BCUT2D eigenvalue weighted by Gasteiger charge is 2.22. The summed E-state index contributed by atoms with van der Waals surface area (Å²) in [5.74, 6) is -0.933. The Hall–Kier alpha value is -1.47. The Morgan fingerprint density at radius 3 is 2.38 bits per heavy atom. The van der Waals surface area contributed by atoms with Gasteiger partial charge in [-0.2, -0.15) is 0 Å². The molecule has 0 spiro atoms. The summed E-state index contributed by atoms with van der Waals surface area (Å²) in [6.07, 6.45) is 0.940. The highest BCUT2D eigenvalue weighted by Crippen LogP contribution is 2.25. The molecule has 0 amide bonds. The largest absolute Gasteiger partial charge is 0.476 e. The number of aromatic nitrogens is 1. The third kappa shape index (κ3) is 5.43. The van der Waals surface area contributed by atoms with E-state index in [1.807, 2.05) is 14.1 Å².